The third-order valence-electron chi connectivity index (χ3n) is 4.71. The van der Waals surface area contributed by atoms with E-state index < -0.39 is 16.1 Å². The highest BCUT2D eigenvalue weighted by molar-refractivity contribution is 7.88. The quantitative estimate of drug-likeness (QED) is 0.801. The van der Waals surface area contributed by atoms with Crippen LogP contribution in [0.3, 0.4) is 0 Å². The summed E-state index contributed by atoms with van der Waals surface area (Å²) in [6, 6.07) is 8.78. The summed E-state index contributed by atoms with van der Waals surface area (Å²) in [6.45, 7) is 0.894. The third kappa shape index (κ3) is 3.27. The van der Waals surface area contributed by atoms with Crippen molar-refractivity contribution in [3.05, 3.63) is 35.9 Å². The van der Waals surface area contributed by atoms with E-state index in [1.165, 1.54) is 10.6 Å². The molecule has 126 valence electrons. The first-order valence-corrected chi connectivity index (χ1v) is 9.59. The number of hydrogen-bond donors (Lipinski definition) is 0. The molecule has 0 spiro atoms. The maximum Gasteiger partial charge on any atom is 0.241 e. The number of methoxy groups -OCH3 is 1. The zero-order valence-corrected chi connectivity index (χ0v) is 14.2. The Bertz CT molecular complexity index is 677. The van der Waals surface area contributed by atoms with Gasteiger partial charge in [0.25, 0.3) is 0 Å². The number of rotatable bonds is 4. The summed E-state index contributed by atoms with van der Waals surface area (Å²) in [4.78, 5) is 14.7. The molecule has 0 N–H and O–H groups in total. The van der Waals surface area contributed by atoms with Gasteiger partial charge in [-0.1, -0.05) is 30.3 Å². The van der Waals surface area contributed by atoms with Gasteiger partial charge < -0.3 is 9.64 Å². The van der Waals surface area contributed by atoms with Gasteiger partial charge in [0.2, 0.25) is 15.9 Å². The van der Waals surface area contributed by atoms with E-state index in [1.54, 1.807) is 12.0 Å². The molecule has 2 heterocycles. The molecular weight excluding hydrogens is 316 g/mol. The summed E-state index contributed by atoms with van der Waals surface area (Å²) >= 11 is 0. The van der Waals surface area contributed by atoms with Crippen LogP contribution in [0.2, 0.25) is 0 Å². The lowest BCUT2D eigenvalue weighted by molar-refractivity contribution is -0.140. The first kappa shape index (κ1) is 16.4. The minimum atomic E-state index is -3.45. The average molecular weight is 338 g/mol. The number of sulfonamides is 1. The van der Waals surface area contributed by atoms with E-state index in [0.717, 1.165) is 5.56 Å². The molecule has 0 unspecified atom stereocenters. The number of carbonyl (C=O) groups excluding carboxylic acids is 1. The smallest absolute Gasteiger partial charge is 0.241 e. The van der Waals surface area contributed by atoms with Crippen LogP contribution in [0.5, 0.6) is 0 Å². The molecule has 0 saturated carbocycles. The molecule has 7 heteroatoms. The van der Waals surface area contributed by atoms with Gasteiger partial charge >= 0.3 is 0 Å². The maximum atomic E-state index is 12.9. The predicted octanol–water partition coefficient (Wildman–Crippen LogP) is 0.489. The molecule has 23 heavy (non-hydrogen) atoms. The van der Waals surface area contributed by atoms with Gasteiger partial charge in [-0.05, 0) is 18.4 Å². The van der Waals surface area contributed by atoms with Crippen molar-refractivity contribution in [2.75, 3.05) is 26.5 Å². The number of piperazine rings is 1. The fourth-order valence-electron chi connectivity index (χ4n) is 3.53. The predicted molar refractivity (Wildman–Crippen MR) is 86.4 cm³/mol. The van der Waals surface area contributed by atoms with Crippen molar-refractivity contribution in [2.24, 2.45) is 0 Å². The van der Waals surface area contributed by atoms with Crippen LogP contribution in [0.25, 0.3) is 0 Å². The van der Waals surface area contributed by atoms with Gasteiger partial charge in [-0.25, -0.2) is 8.42 Å². The molecule has 2 aliphatic heterocycles. The van der Waals surface area contributed by atoms with Crippen LogP contribution in [0.1, 0.15) is 12.0 Å². The normalized spacial score (nSPS) is 28.9. The molecule has 1 aromatic carbocycles. The van der Waals surface area contributed by atoms with E-state index >= 15 is 0 Å². The Hall–Kier alpha value is -1.44. The zero-order chi connectivity index (χ0) is 16.6. The van der Waals surface area contributed by atoms with Gasteiger partial charge in [-0.15, -0.1) is 0 Å². The monoisotopic (exact) mass is 338 g/mol. The number of hydrogen-bond acceptors (Lipinski definition) is 4. The first-order valence-electron chi connectivity index (χ1n) is 7.74. The van der Waals surface area contributed by atoms with Gasteiger partial charge in [0, 0.05) is 26.2 Å². The number of ether oxygens (including phenoxy) is 1. The zero-order valence-electron chi connectivity index (χ0n) is 13.4. The second kappa shape index (κ2) is 6.22. The highest BCUT2D eigenvalue weighted by atomic mass is 32.2. The minimum Gasteiger partial charge on any atom is -0.380 e. The Labute approximate surface area is 137 Å². The lowest BCUT2D eigenvalue weighted by atomic mass is 10.0. The molecule has 0 radical (unpaired) electrons. The van der Waals surface area contributed by atoms with E-state index in [9.17, 15) is 13.2 Å². The Morgan fingerprint density at radius 2 is 1.91 bits per heavy atom. The average Bonchev–Trinajstić information content (AvgIpc) is 2.93. The summed E-state index contributed by atoms with van der Waals surface area (Å²) in [5.41, 5.74) is 0.959. The van der Waals surface area contributed by atoms with Crippen molar-refractivity contribution in [1.29, 1.82) is 0 Å². The molecule has 0 bridgehead atoms. The summed E-state index contributed by atoms with van der Waals surface area (Å²) < 4.78 is 31.1. The van der Waals surface area contributed by atoms with Gasteiger partial charge in [0.1, 0.15) is 6.04 Å². The molecular formula is C16H22N2O4S. The molecule has 0 aliphatic carbocycles. The fraction of sp³-hybridized carbons (Fsp3) is 0.562. The number of carbonyl (C=O) groups is 1. The molecule has 2 fully saturated rings. The van der Waals surface area contributed by atoms with Gasteiger partial charge in [-0.3, -0.25) is 4.79 Å². The van der Waals surface area contributed by atoms with Gasteiger partial charge in [0.15, 0.2) is 0 Å². The highest BCUT2D eigenvalue weighted by Gasteiger charge is 2.48. The van der Waals surface area contributed by atoms with E-state index in [1.807, 2.05) is 30.3 Å². The highest BCUT2D eigenvalue weighted by Crippen LogP contribution is 2.30. The van der Waals surface area contributed by atoms with Crippen LogP contribution >= 0.6 is 0 Å². The van der Waals surface area contributed by atoms with Crippen molar-refractivity contribution < 1.29 is 17.9 Å². The van der Waals surface area contributed by atoms with Crippen LogP contribution in [-0.4, -0.2) is 68.2 Å². The topological polar surface area (TPSA) is 66.9 Å². The van der Waals surface area contributed by atoms with Crippen LogP contribution in [0.4, 0.5) is 0 Å². The summed E-state index contributed by atoms with van der Waals surface area (Å²) in [6.07, 6.45) is 2.25. The lowest BCUT2D eigenvalue weighted by Crippen LogP contribution is -2.61. The molecule has 2 aliphatic rings. The molecule has 3 rings (SSSR count). The van der Waals surface area contributed by atoms with Crippen molar-refractivity contribution in [3.8, 4) is 0 Å². The molecule has 2 saturated heterocycles. The summed E-state index contributed by atoms with van der Waals surface area (Å²) in [7, 11) is -1.82. The maximum absolute atomic E-state index is 12.9. The SMILES string of the molecule is CO[C@H]1C[C@H]2CN(S(C)(=O)=O)[C@@H](Cc3ccccc3)C(=O)N2C1. The fourth-order valence-corrected chi connectivity index (χ4v) is 4.60. The van der Waals surface area contributed by atoms with Crippen molar-refractivity contribution in [2.45, 2.75) is 31.0 Å². The Kier molecular flexibility index (Phi) is 4.44. The number of nitrogens with zero attached hydrogens (tertiary/aromatic N) is 2. The molecule has 1 aromatic rings. The van der Waals surface area contributed by atoms with E-state index in [2.05, 4.69) is 0 Å². The molecule has 1 amide bonds. The number of fused-ring (bicyclic) bond motifs is 1. The second-order valence-electron chi connectivity index (χ2n) is 6.28. The molecule has 0 aromatic heterocycles. The van der Waals surface area contributed by atoms with Crippen molar-refractivity contribution >= 4 is 15.9 Å². The van der Waals surface area contributed by atoms with Gasteiger partial charge in [0.05, 0.1) is 12.4 Å². The Balaban J connectivity index is 1.89. The van der Waals surface area contributed by atoms with Crippen LogP contribution in [0, 0.1) is 0 Å². The van der Waals surface area contributed by atoms with Gasteiger partial charge in [-0.2, -0.15) is 4.31 Å². The second-order valence-corrected chi connectivity index (χ2v) is 8.21. The third-order valence-corrected chi connectivity index (χ3v) is 5.97. The van der Waals surface area contributed by atoms with E-state index in [4.69, 9.17) is 4.74 Å². The van der Waals surface area contributed by atoms with Crippen molar-refractivity contribution in [1.82, 2.24) is 9.21 Å². The van der Waals surface area contributed by atoms with Crippen LogP contribution in [-0.2, 0) is 26.0 Å². The summed E-state index contributed by atoms with van der Waals surface area (Å²) in [5, 5.41) is 0. The summed E-state index contributed by atoms with van der Waals surface area (Å²) in [5.74, 6) is -0.116. The van der Waals surface area contributed by atoms with Crippen LogP contribution < -0.4 is 0 Å². The molecule has 6 nitrogen and oxygen atoms in total. The largest absolute Gasteiger partial charge is 0.380 e. The number of benzene rings is 1. The Morgan fingerprint density at radius 3 is 2.52 bits per heavy atom. The van der Waals surface area contributed by atoms with Crippen LogP contribution in [0.15, 0.2) is 30.3 Å². The van der Waals surface area contributed by atoms with Crippen molar-refractivity contribution in [3.63, 3.8) is 0 Å². The first-order chi connectivity index (χ1) is 10.9. The lowest BCUT2D eigenvalue weighted by Gasteiger charge is -2.41. The van der Waals surface area contributed by atoms with E-state index in [0.29, 0.717) is 25.9 Å². The Morgan fingerprint density at radius 1 is 1.22 bits per heavy atom. The standard InChI is InChI=1S/C16H22N2O4S/c1-22-14-9-13-10-18(23(2,20)21)15(16(19)17(13)11-14)8-12-6-4-3-5-7-12/h3-7,13-15H,8-11H2,1-2H3/t13-,14-,15-/m0/s1. The minimum absolute atomic E-state index is 0.0131. The number of amides is 1. The molecule has 3 atom stereocenters. The van der Waals surface area contributed by atoms with E-state index in [-0.39, 0.29) is 18.1 Å².